The molecule has 3 aromatic heterocycles. The molecular weight excluding hydrogens is 413 g/mol. The minimum absolute atomic E-state index is 0.0360. The Bertz CT molecular complexity index is 1170. The first-order valence-corrected chi connectivity index (χ1v) is 10.1. The second kappa shape index (κ2) is 7.91. The van der Waals surface area contributed by atoms with Gasteiger partial charge in [-0.3, -0.25) is 4.79 Å². The minimum Gasteiger partial charge on any atom is -0.344 e. The van der Waals surface area contributed by atoms with Gasteiger partial charge in [0.2, 0.25) is 0 Å². The third-order valence-corrected chi connectivity index (χ3v) is 5.53. The number of nitrogens with zero attached hydrogens (tertiary/aromatic N) is 3. The molecule has 1 amide bonds. The van der Waals surface area contributed by atoms with Crippen LogP contribution in [0.2, 0.25) is 0 Å². The van der Waals surface area contributed by atoms with Crippen LogP contribution >= 0.6 is 11.3 Å². The summed E-state index contributed by atoms with van der Waals surface area (Å²) in [5, 5.41) is 8.51. The number of alkyl halides is 3. The van der Waals surface area contributed by atoms with E-state index in [1.54, 1.807) is 17.5 Å². The Hall–Kier alpha value is -3.20. The standard InChI is InChI=1S/C21H17F3N4OS/c1-2-14(13-7-4-3-5-8-13)26-20(29)16-12-19-25-15(17-9-6-10-30-17)11-18(21(22,23)24)28(19)27-16/h3-12,14H,2H2,1H3,(H,26,29). The van der Waals surface area contributed by atoms with Gasteiger partial charge in [-0.05, 0) is 29.5 Å². The monoisotopic (exact) mass is 430 g/mol. The Morgan fingerprint density at radius 1 is 1.17 bits per heavy atom. The zero-order valence-corrected chi connectivity index (χ0v) is 16.7. The predicted molar refractivity (Wildman–Crippen MR) is 108 cm³/mol. The van der Waals surface area contributed by atoms with Crippen LogP contribution in [-0.4, -0.2) is 20.5 Å². The lowest BCUT2D eigenvalue weighted by atomic mass is 10.0. The van der Waals surface area contributed by atoms with Crippen molar-refractivity contribution in [2.45, 2.75) is 25.6 Å². The Kier molecular flexibility index (Phi) is 5.29. The van der Waals surface area contributed by atoms with E-state index in [2.05, 4.69) is 15.4 Å². The Morgan fingerprint density at radius 2 is 1.93 bits per heavy atom. The van der Waals surface area contributed by atoms with E-state index in [0.717, 1.165) is 11.6 Å². The van der Waals surface area contributed by atoms with Gasteiger partial charge >= 0.3 is 6.18 Å². The van der Waals surface area contributed by atoms with E-state index < -0.39 is 17.8 Å². The first kappa shape index (κ1) is 20.1. The van der Waals surface area contributed by atoms with Crippen LogP contribution in [0.3, 0.4) is 0 Å². The second-order valence-electron chi connectivity index (χ2n) is 6.65. The molecule has 3 heterocycles. The molecule has 0 fully saturated rings. The molecular formula is C21H17F3N4OS. The molecule has 0 radical (unpaired) electrons. The van der Waals surface area contributed by atoms with Crippen molar-refractivity contribution in [1.82, 2.24) is 19.9 Å². The summed E-state index contributed by atoms with van der Waals surface area (Å²) < 4.78 is 41.6. The van der Waals surface area contributed by atoms with Crippen molar-refractivity contribution >= 4 is 22.9 Å². The number of carbonyl (C=O) groups is 1. The van der Waals surface area contributed by atoms with Gasteiger partial charge in [0.25, 0.3) is 5.91 Å². The molecule has 4 aromatic rings. The molecule has 5 nitrogen and oxygen atoms in total. The van der Waals surface area contributed by atoms with Crippen molar-refractivity contribution in [3.63, 3.8) is 0 Å². The van der Waals surface area contributed by atoms with E-state index in [0.29, 0.717) is 15.8 Å². The van der Waals surface area contributed by atoms with Crippen molar-refractivity contribution in [1.29, 1.82) is 0 Å². The Morgan fingerprint density at radius 3 is 2.57 bits per heavy atom. The summed E-state index contributed by atoms with van der Waals surface area (Å²) in [6, 6.07) is 14.7. The molecule has 0 spiro atoms. The molecule has 0 saturated carbocycles. The van der Waals surface area contributed by atoms with Crippen LogP contribution < -0.4 is 5.32 Å². The number of aromatic nitrogens is 3. The number of carbonyl (C=O) groups excluding carboxylic acids is 1. The SMILES string of the molecule is CCC(NC(=O)c1cc2nc(-c3cccs3)cc(C(F)(F)F)n2n1)c1ccccc1. The predicted octanol–water partition coefficient (Wildman–Crippen LogP) is 5.36. The van der Waals surface area contributed by atoms with Crippen LogP contribution in [0.4, 0.5) is 13.2 Å². The third-order valence-electron chi connectivity index (χ3n) is 4.64. The molecule has 1 unspecified atom stereocenters. The van der Waals surface area contributed by atoms with Crippen molar-refractivity contribution in [2.24, 2.45) is 0 Å². The van der Waals surface area contributed by atoms with Crippen LogP contribution in [0, 0.1) is 0 Å². The molecule has 0 aliphatic carbocycles. The number of thiophene rings is 1. The summed E-state index contributed by atoms with van der Waals surface area (Å²) >= 11 is 1.29. The van der Waals surface area contributed by atoms with Crippen LogP contribution in [0.25, 0.3) is 16.2 Å². The molecule has 1 atom stereocenters. The number of hydrogen-bond donors (Lipinski definition) is 1. The van der Waals surface area contributed by atoms with E-state index in [4.69, 9.17) is 0 Å². The van der Waals surface area contributed by atoms with Gasteiger partial charge in [0.05, 0.1) is 16.6 Å². The summed E-state index contributed by atoms with van der Waals surface area (Å²) in [5.74, 6) is -0.554. The third kappa shape index (κ3) is 3.93. The molecule has 0 aliphatic heterocycles. The molecule has 0 saturated heterocycles. The number of halogens is 3. The highest BCUT2D eigenvalue weighted by atomic mass is 32.1. The molecule has 1 aromatic carbocycles. The number of nitrogens with one attached hydrogen (secondary N) is 1. The van der Waals surface area contributed by atoms with Crippen molar-refractivity contribution in [3.05, 3.63) is 76.9 Å². The van der Waals surface area contributed by atoms with E-state index >= 15 is 0 Å². The fourth-order valence-electron chi connectivity index (χ4n) is 3.18. The highest BCUT2D eigenvalue weighted by molar-refractivity contribution is 7.13. The number of benzene rings is 1. The molecule has 4 rings (SSSR count). The lowest BCUT2D eigenvalue weighted by Gasteiger charge is -2.16. The summed E-state index contributed by atoms with van der Waals surface area (Å²) in [4.78, 5) is 17.6. The van der Waals surface area contributed by atoms with Crippen LogP contribution in [-0.2, 0) is 6.18 Å². The van der Waals surface area contributed by atoms with Gasteiger partial charge in [-0.1, -0.05) is 43.3 Å². The average Bonchev–Trinajstić information content (AvgIpc) is 3.40. The average molecular weight is 430 g/mol. The lowest BCUT2D eigenvalue weighted by molar-refractivity contribution is -0.142. The first-order valence-electron chi connectivity index (χ1n) is 9.24. The largest absolute Gasteiger partial charge is 0.433 e. The fourth-order valence-corrected chi connectivity index (χ4v) is 3.86. The second-order valence-corrected chi connectivity index (χ2v) is 7.59. The molecule has 9 heteroatoms. The topological polar surface area (TPSA) is 59.3 Å². The van der Waals surface area contributed by atoms with Crippen molar-refractivity contribution in [3.8, 4) is 10.6 Å². The number of amides is 1. The minimum atomic E-state index is -4.65. The van der Waals surface area contributed by atoms with E-state index in [-0.39, 0.29) is 23.1 Å². The smallest absolute Gasteiger partial charge is 0.344 e. The quantitative estimate of drug-likeness (QED) is 0.464. The van der Waals surface area contributed by atoms with E-state index in [1.165, 1.54) is 17.4 Å². The number of hydrogen-bond acceptors (Lipinski definition) is 4. The fraction of sp³-hybridized carbons (Fsp3) is 0.190. The molecule has 154 valence electrons. The van der Waals surface area contributed by atoms with Gasteiger partial charge in [0.15, 0.2) is 17.0 Å². The van der Waals surface area contributed by atoms with Gasteiger partial charge in [0, 0.05) is 6.07 Å². The van der Waals surface area contributed by atoms with Crippen LogP contribution in [0.1, 0.15) is 41.1 Å². The van der Waals surface area contributed by atoms with Crippen LogP contribution in [0.15, 0.2) is 60.0 Å². The maximum Gasteiger partial charge on any atom is 0.433 e. The maximum absolute atomic E-state index is 13.7. The summed E-state index contributed by atoms with van der Waals surface area (Å²) in [7, 11) is 0. The number of rotatable bonds is 5. The molecule has 30 heavy (non-hydrogen) atoms. The summed E-state index contributed by atoms with van der Waals surface area (Å²) in [6.45, 7) is 1.91. The Labute approximate surface area is 174 Å². The van der Waals surface area contributed by atoms with Crippen molar-refractivity contribution < 1.29 is 18.0 Å². The van der Waals surface area contributed by atoms with Gasteiger partial charge in [-0.25, -0.2) is 9.50 Å². The van der Waals surface area contributed by atoms with Gasteiger partial charge in [-0.2, -0.15) is 18.3 Å². The zero-order valence-electron chi connectivity index (χ0n) is 15.8. The highest BCUT2D eigenvalue weighted by Crippen LogP contribution is 2.33. The highest BCUT2D eigenvalue weighted by Gasteiger charge is 2.35. The summed E-state index contributed by atoms with van der Waals surface area (Å²) in [5.41, 5.74) is -0.0412. The van der Waals surface area contributed by atoms with Crippen LogP contribution in [0.5, 0.6) is 0 Å². The van der Waals surface area contributed by atoms with Gasteiger partial charge in [0.1, 0.15) is 0 Å². The van der Waals surface area contributed by atoms with Gasteiger partial charge in [-0.15, -0.1) is 11.3 Å². The molecule has 0 bridgehead atoms. The normalized spacial score (nSPS) is 12.8. The van der Waals surface area contributed by atoms with E-state index in [9.17, 15) is 18.0 Å². The van der Waals surface area contributed by atoms with E-state index in [1.807, 2.05) is 37.3 Å². The summed E-state index contributed by atoms with van der Waals surface area (Å²) in [6.07, 6.45) is -4.03. The number of fused-ring (bicyclic) bond motifs is 1. The molecule has 1 N–H and O–H groups in total. The molecule has 0 aliphatic rings. The zero-order chi connectivity index (χ0) is 21.3. The van der Waals surface area contributed by atoms with Crippen molar-refractivity contribution in [2.75, 3.05) is 0 Å². The van der Waals surface area contributed by atoms with Gasteiger partial charge < -0.3 is 5.32 Å². The first-order chi connectivity index (χ1) is 14.4. The lowest BCUT2D eigenvalue weighted by Crippen LogP contribution is -2.28. The maximum atomic E-state index is 13.7. The Balaban J connectivity index is 1.72.